The van der Waals surface area contributed by atoms with Gasteiger partial charge in [-0.2, -0.15) is 5.10 Å². The topological polar surface area (TPSA) is 64.0 Å². The van der Waals surface area contributed by atoms with Crippen LogP contribution in [0.3, 0.4) is 0 Å². The monoisotopic (exact) mass is 543 g/mol. The highest BCUT2D eigenvalue weighted by Gasteiger charge is 2.20. The van der Waals surface area contributed by atoms with E-state index in [9.17, 15) is 8.42 Å². The van der Waals surface area contributed by atoms with Crippen LogP contribution in [-0.2, 0) is 16.6 Å². The summed E-state index contributed by atoms with van der Waals surface area (Å²) < 4.78 is 30.3. The van der Waals surface area contributed by atoms with E-state index in [1.807, 2.05) is 6.07 Å². The summed E-state index contributed by atoms with van der Waals surface area (Å²) in [6.07, 6.45) is 1.69. The Bertz CT molecular complexity index is 1030. The average Bonchev–Trinajstić information content (AvgIpc) is 3.10. The number of hydrogen-bond donors (Lipinski definition) is 1. The van der Waals surface area contributed by atoms with Gasteiger partial charge in [-0.15, -0.1) is 11.3 Å². The second-order valence-corrected chi connectivity index (χ2v) is 11.0. The average molecular weight is 546 g/mol. The lowest BCUT2D eigenvalue weighted by molar-refractivity contribution is 0.602. The summed E-state index contributed by atoms with van der Waals surface area (Å²) in [5, 5.41) is 5.20. The van der Waals surface area contributed by atoms with Gasteiger partial charge in [0, 0.05) is 6.20 Å². The number of rotatable bonds is 5. The first kappa shape index (κ1) is 19.2. The summed E-state index contributed by atoms with van der Waals surface area (Å²) in [6.45, 7) is 0.418. The molecule has 0 bridgehead atoms. The van der Waals surface area contributed by atoms with Gasteiger partial charge >= 0.3 is 0 Å². The van der Waals surface area contributed by atoms with Gasteiger partial charge in [0.2, 0.25) is 0 Å². The summed E-state index contributed by atoms with van der Waals surface area (Å²) in [4.78, 5) is 0. The number of benzene rings is 1. The van der Waals surface area contributed by atoms with Gasteiger partial charge in [0.1, 0.15) is 4.21 Å². The highest BCUT2D eigenvalue weighted by atomic mass is 79.9. The molecule has 3 rings (SSSR count). The number of hydrogen-bond acceptors (Lipinski definition) is 4. The van der Waals surface area contributed by atoms with Crippen molar-refractivity contribution in [1.82, 2.24) is 9.78 Å². The van der Waals surface area contributed by atoms with Crippen molar-refractivity contribution in [2.75, 3.05) is 4.72 Å². The predicted molar refractivity (Wildman–Crippen MR) is 108 cm³/mol. The van der Waals surface area contributed by atoms with Gasteiger partial charge in [-0.25, -0.2) is 8.42 Å². The van der Waals surface area contributed by atoms with E-state index in [2.05, 4.69) is 41.7 Å². The lowest BCUT2D eigenvalue weighted by Crippen LogP contribution is -2.12. The maximum absolute atomic E-state index is 12.4. The van der Waals surface area contributed by atoms with Crippen molar-refractivity contribution in [3.8, 4) is 0 Å². The van der Waals surface area contributed by atoms with Crippen molar-refractivity contribution in [3.63, 3.8) is 0 Å². The number of nitrogens with zero attached hydrogens (tertiary/aromatic N) is 2. The van der Waals surface area contributed by atoms with Crippen LogP contribution in [-0.4, -0.2) is 18.2 Å². The molecule has 0 aliphatic heterocycles. The lowest BCUT2D eigenvalue weighted by Gasteiger charge is -2.05. The molecular formula is C14H9Br2Cl2N3O2S2. The molecule has 1 N–H and O–H groups in total. The number of anilines is 1. The minimum absolute atomic E-state index is 0.199. The first-order chi connectivity index (χ1) is 11.7. The molecule has 0 aliphatic rings. The molecule has 25 heavy (non-hydrogen) atoms. The van der Waals surface area contributed by atoms with E-state index < -0.39 is 10.0 Å². The SMILES string of the molecule is O=S(=O)(Nc1nn(Cc2ccc(Cl)c(Cl)c2)cc1Br)c1ccc(Br)s1. The molecule has 2 aromatic heterocycles. The first-order valence-corrected chi connectivity index (χ1v) is 11.3. The minimum Gasteiger partial charge on any atom is -0.265 e. The summed E-state index contributed by atoms with van der Waals surface area (Å²) in [5.41, 5.74) is 0.890. The second-order valence-electron chi connectivity index (χ2n) is 4.94. The zero-order valence-electron chi connectivity index (χ0n) is 12.2. The van der Waals surface area contributed by atoms with Gasteiger partial charge in [0.15, 0.2) is 5.82 Å². The summed E-state index contributed by atoms with van der Waals surface area (Å²) >= 11 is 19.6. The molecule has 0 fully saturated rings. The normalized spacial score (nSPS) is 11.7. The van der Waals surface area contributed by atoms with E-state index in [1.54, 1.807) is 29.1 Å². The third kappa shape index (κ3) is 4.58. The largest absolute Gasteiger partial charge is 0.272 e. The second kappa shape index (κ2) is 7.58. The summed E-state index contributed by atoms with van der Waals surface area (Å²) in [5.74, 6) is 0.213. The standard InChI is InChI=1S/C14H9Br2Cl2N3O2S2/c15-9-7-21(6-8-1-2-10(17)11(18)5-8)19-14(9)20-25(22,23)13-4-3-12(16)24-13/h1-5,7H,6H2,(H,19,20). The molecule has 0 spiro atoms. The van der Waals surface area contributed by atoms with Crippen molar-refractivity contribution in [2.45, 2.75) is 10.8 Å². The van der Waals surface area contributed by atoms with Crippen LogP contribution in [0.5, 0.6) is 0 Å². The van der Waals surface area contributed by atoms with Crippen LogP contribution in [0, 0.1) is 0 Å². The summed E-state index contributed by atoms with van der Waals surface area (Å²) in [7, 11) is -3.69. The first-order valence-electron chi connectivity index (χ1n) is 6.69. The van der Waals surface area contributed by atoms with Crippen molar-refractivity contribution in [1.29, 1.82) is 0 Å². The molecule has 0 saturated heterocycles. The van der Waals surface area contributed by atoms with E-state index >= 15 is 0 Å². The van der Waals surface area contributed by atoms with E-state index in [-0.39, 0.29) is 10.0 Å². The van der Waals surface area contributed by atoms with Crippen LogP contribution < -0.4 is 4.72 Å². The van der Waals surface area contributed by atoms with Gasteiger partial charge in [-0.1, -0.05) is 29.3 Å². The zero-order valence-corrected chi connectivity index (χ0v) is 18.5. The molecule has 2 heterocycles. The molecule has 3 aromatic rings. The van der Waals surface area contributed by atoms with Crippen LogP contribution in [0.4, 0.5) is 5.82 Å². The van der Waals surface area contributed by atoms with Crippen LogP contribution >= 0.6 is 66.4 Å². The van der Waals surface area contributed by atoms with Crippen molar-refractivity contribution in [2.24, 2.45) is 0 Å². The fourth-order valence-electron chi connectivity index (χ4n) is 1.99. The van der Waals surface area contributed by atoms with Gasteiger partial charge in [0.05, 0.1) is 24.8 Å². The van der Waals surface area contributed by atoms with Crippen molar-refractivity contribution in [3.05, 3.63) is 60.4 Å². The maximum atomic E-state index is 12.4. The van der Waals surface area contributed by atoms with Crippen LogP contribution in [0.15, 0.2) is 49.0 Å². The fraction of sp³-hybridized carbons (Fsp3) is 0.0714. The smallest absolute Gasteiger partial charge is 0.265 e. The number of nitrogens with one attached hydrogen (secondary N) is 1. The van der Waals surface area contributed by atoms with Crippen LogP contribution in [0.25, 0.3) is 0 Å². The number of aromatic nitrogens is 2. The fourth-order valence-corrected chi connectivity index (χ4v) is 5.89. The highest BCUT2D eigenvalue weighted by Crippen LogP contribution is 2.29. The van der Waals surface area contributed by atoms with E-state index in [0.29, 0.717) is 21.1 Å². The third-order valence-corrected chi connectivity index (χ3v) is 7.86. The minimum atomic E-state index is -3.69. The molecule has 0 atom stereocenters. The van der Waals surface area contributed by atoms with Crippen LogP contribution in [0.2, 0.25) is 10.0 Å². The molecule has 0 unspecified atom stereocenters. The third-order valence-electron chi connectivity index (χ3n) is 3.09. The lowest BCUT2D eigenvalue weighted by atomic mass is 10.2. The maximum Gasteiger partial charge on any atom is 0.272 e. The van der Waals surface area contributed by atoms with E-state index in [4.69, 9.17) is 23.2 Å². The predicted octanol–water partition coefficient (Wildman–Crippen LogP) is 5.63. The van der Waals surface area contributed by atoms with Gasteiger partial charge in [-0.3, -0.25) is 9.40 Å². The Labute approximate surface area is 175 Å². The molecular weight excluding hydrogens is 537 g/mol. The molecule has 0 amide bonds. The Morgan fingerprint density at radius 1 is 1.16 bits per heavy atom. The highest BCUT2D eigenvalue weighted by molar-refractivity contribution is 9.11. The molecule has 11 heteroatoms. The zero-order chi connectivity index (χ0) is 18.2. The Balaban J connectivity index is 1.81. The van der Waals surface area contributed by atoms with Gasteiger partial charge < -0.3 is 0 Å². The van der Waals surface area contributed by atoms with E-state index in [1.165, 1.54) is 6.07 Å². The summed E-state index contributed by atoms with van der Waals surface area (Å²) in [6, 6.07) is 8.48. The molecule has 132 valence electrons. The van der Waals surface area contributed by atoms with Gasteiger partial charge in [0.25, 0.3) is 10.0 Å². The number of halogens is 4. The quantitative estimate of drug-likeness (QED) is 0.452. The molecule has 0 saturated carbocycles. The molecule has 0 aliphatic carbocycles. The molecule has 1 aromatic carbocycles. The Kier molecular flexibility index (Phi) is 5.81. The molecule has 0 radical (unpaired) electrons. The Morgan fingerprint density at radius 2 is 1.92 bits per heavy atom. The van der Waals surface area contributed by atoms with E-state index in [0.717, 1.165) is 20.7 Å². The Hall–Kier alpha value is -0.580. The van der Waals surface area contributed by atoms with Crippen LogP contribution in [0.1, 0.15) is 5.56 Å². The number of sulfonamides is 1. The van der Waals surface area contributed by atoms with Crippen molar-refractivity contribution < 1.29 is 8.42 Å². The molecule has 5 nitrogen and oxygen atoms in total. The Morgan fingerprint density at radius 3 is 2.56 bits per heavy atom. The van der Waals surface area contributed by atoms with Gasteiger partial charge in [-0.05, 0) is 61.7 Å². The van der Waals surface area contributed by atoms with Crippen molar-refractivity contribution >= 4 is 82.2 Å². The number of thiophene rings is 1.